The molecule has 0 aromatic heterocycles. The fourth-order valence-corrected chi connectivity index (χ4v) is 1.81. The van der Waals surface area contributed by atoms with Crippen molar-refractivity contribution < 1.29 is 29.0 Å². The highest BCUT2D eigenvalue weighted by atomic mass is 16.5. The van der Waals surface area contributed by atoms with Crippen molar-refractivity contribution in [3.8, 4) is 0 Å². The van der Waals surface area contributed by atoms with Crippen LogP contribution in [0.25, 0.3) is 0 Å². The normalized spacial score (nSPS) is 10.1. The predicted molar refractivity (Wildman–Crippen MR) is 105 cm³/mol. The molecule has 2 aromatic rings. The molecule has 0 heterocycles. The van der Waals surface area contributed by atoms with Gasteiger partial charge in [0.1, 0.15) is 19.0 Å². The Hall–Kier alpha value is -3.32. The van der Waals surface area contributed by atoms with Crippen molar-refractivity contribution in [2.24, 2.45) is 5.73 Å². The minimum absolute atomic E-state index is 0.145. The fourth-order valence-electron chi connectivity index (χ4n) is 1.81. The third-order valence-corrected chi connectivity index (χ3v) is 3.11. The number of hydrogen-bond acceptors (Lipinski definition) is 6. The number of benzene rings is 2. The number of carbonyl (C=O) groups is 4. The molecule has 0 aliphatic rings. The van der Waals surface area contributed by atoms with Crippen LogP contribution < -0.4 is 5.73 Å². The van der Waals surface area contributed by atoms with Crippen LogP contribution in [-0.4, -0.2) is 36.2 Å². The first-order valence-corrected chi connectivity index (χ1v) is 8.56. The van der Waals surface area contributed by atoms with Gasteiger partial charge in [-0.15, -0.1) is 0 Å². The van der Waals surface area contributed by atoms with Gasteiger partial charge in [0.15, 0.2) is 0 Å². The molecule has 0 saturated carbocycles. The number of carboxylic acid groups (broad SMARTS) is 1. The maximum Gasteiger partial charge on any atom is 0.317 e. The molecular weight excluding hydrogens is 362 g/mol. The van der Waals surface area contributed by atoms with Gasteiger partial charge < -0.3 is 20.4 Å². The summed E-state index contributed by atoms with van der Waals surface area (Å²) in [6.45, 7) is 1.85. The van der Waals surface area contributed by atoms with Gasteiger partial charge in [0.25, 0.3) is 0 Å². The van der Waals surface area contributed by atoms with E-state index >= 15 is 0 Å². The molecule has 0 aliphatic heterocycles. The monoisotopic (exact) mass is 387 g/mol. The summed E-state index contributed by atoms with van der Waals surface area (Å²) in [6.07, 6.45) is 1.52. The standard InChI is InChI=1S/C9H11NO.C7H6O.C5H8O4/c10-9(6-7-11)8-4-2-1-3-5-8;8-6-7-4-2-1-3-5-7;1-2-9-5(8)3-4(6)7/h1-5,7,9H,6,10H2;1-6H;2-3H2,1H3,(H,6,7). The summed E-state index contributed by atoms with van der Waals surface area (Å²) in [4.78, 5) is 40.1. The summed E-state index contributed by atoms with van der Waals surface area (Å²) in [5.41, 5.74) is 7.42. The van der Waals surface area contributed by atoms with Crippen molar-refractivity contribution in [3.05, 3.63) is 71.8 Å². The van der Waals surface area contributed by atoms with Crippen LogP contribution in [0.1, 0.15) is 41.7 Å². The minimum atomic E-state index is -1.16. The summed E-state index contributed by atoms with van der Waals surface area (Å²) < 4.78 is 4.33. The number of esters is 1. The lowest BCUT2D eigenvalue weighted by Crippen LogP contribution is -2.09. The first kappa shape index (κ1) is 24.7. The third-order valence-electron chi connectivity index (χ3n) is 3.11. The zero-order chi connectivity index (χ0) is 21.2. The maximum absolute atomic E-state index is 10.3. The van der Waals surface area contributed by atoms with E-state index < -0.39 is 18.4 Å². The van der Waals surface area contributed by atoms with Gasteiger partial charge >= 0.3 is 11.9 Å². The fraction of sp³-hybridized carbons (Fsp3) is 0.238. The molecule has 7 heteroatoms. The van der Waals surface area contributed by atoms with E-state index in [4.69, 9.17) is 10.8 Å². The lowest BCUT2D eigenvalue weighted by molar-refractivity contribution is -0.150. The molecule has 0 bridgehead atoms. The highest BCUT2D eigenvalue weighted by molar-refractivity contribution is 5.90. The van der Waals surface area contributed by atoms with Crippen LogP contribution in [0.2, 0.25) is 0 Å². The lowest BCUT2D eigenvalue weighted by atomic mass is 10.1. The molecule has 3 N–H and O–H groups in total. The smallest absolute Gasteiger partial charge is 0.317 e. The van der Waals surface area contributed by atoms with Gasteiger partial charge in [0.05, 0.1) is 6.61 Å². The van der Waals surface area contributed by atoms with E-state index in [1.54, 1.807) is 19.1 Å². The zero-order valence-corrected chi connectivity index (χ0v) is 15.7. The highest BCUT2D eigenvalue weighted by Gasteiger charge is 2.06. The highest BCUT2D eigenvalue weighted by Crippen LogP contribution is 2.10. The van der Waals surface area contributed by atoms with Gasteiger partial charge in [-0.2, -0.15) is 0 Å². The summed E-state index contributed by atoms with van der Waals surface area (Å²) >= 11 is 0. The molecule has 2 aromatic carbocycles. The van der Waals surface area contributed by atoms with Crippen molar-refractivity contribution in [2.75, 3.05) is 6.61 Å². The summed E-state index contributed by atoms with van der Waals surface area (Å²) in [5.74, 6) is -1.85. The first-order chi connectivity index (χ1) is 13.4. The van der Waals surface area contributed by atoms with Gasteiger partial charge in [-0.05, 0) is 12.5 Å². The number of aliphatic carboxylic acids is 1. The average Bonchev–Trinajstić information content (AvgIpc) is 2.70. The Morgan fingerprint density at radius 2 is 1.57 bits per heavy atom. The third kappa shape index (κ3) is 13.0. The van der Waals surface area contributed by atoms with E-state index in [1.165, 1.54) is 0 Å². The Morgan fingerprint density at radius 1 is 1.04 bits per heavy atom. The number of rotatable bonds is 7. The van der Waals surface area contributed by atoms with E-state index in [2.05, 4.69) is 4.74 Å². The van der Waals surface area contributed by atoms with E-state index in [1.807, 2.05) is 48.5 Å². The number of ether oxygens (including phenoxy) is 1. The van der Waals surface area contributed by atoms with Crippen molar-refractivity contribution in [1.29, 1.82) is 0 Å². The molecule has 1 atom stereocenters. The van der Waals surface area contributed by atoms with Crippen molar-refractivity contribution in [3.63, 3.8) is 0 Å². The lowest BCUT2D eigenvalue weighted by Gasteiger charge is -2.06. The van der Waals surface area contributed by atoms with Crippen LogP contribution in [-0.2, 0) is 19.1 Å². The topological polar surface area (TPSA) is 124 Å². The van der Waals surface area contributed by atoms with E-state index in [-0.39, 0.29) is 12.6 Å². The second-order valence-electron chi connectivity index (χ2n) is 5.32. The quantitative estimate of drug-likeness (QED) is 0.425. The SMILES string of the molecule is CCOC(=O)CC(=O)O.NC(CC=O)c1ccccc1.O=Cc1ccccc1. The number of hydrogen-bond donors (Lipinski definition) is 2. The van der Waals surface area contributed by atoms with E-state index in [0.717, 1.165) is 23.7 Å². The molecule has 2 rings (SSSR count). The molecule has 150 valence electrons. The van der Waals surface area contributed by atoms with Crippen LogP contribution in [0.5, 0.6) is 0 Å². The van der Waals surface area contributed by atoms with Crippen LogP contribution >= 0.6 is 0 Å². The van der Waals surface area contributed by atoms with Gasteiger partial charge in [0.2, 0.25) is 0 Å². The van der Waals surface area contributed by atoms with E-state index in [9.17, 15) is 19.2 Å². The summed E-state index contributed by atoms with van der Waals surface area (Å²) in [7, 11) is 0. The molecule has 0 radical (unpaired) electrons. The van der Waals surface area contributed by atoms with Crippen molar-refractivity contribution in [1.82, 2.24) is 0 Å². The zero-order valence-electron chi connectivity index (χ0n) is 15.7. The Kier molecular flexibility index (Phi) is 14.0. The number of aldehydes is 2. The summed E-state index contributed by atoms with van der Waals surface area (Å²) in [6, 6.07) is 18.6. The molecule has 0 amide bonds. The average molecular weight is 387 g/mol. The van der Waals surface area contributed by atoms with Crippen LogP contribution in [0.3, 0.4) is 0 Å². The van der Waals surface area contributed by atoms with Crippen molar-refractivity contribution in [2.45, 2.75) is 25.8 Å². The minimum Gasteiger partial charge on any atom is -0.481 e. The molecule has 0 spiro atoms. The first-order valence-electron chi connectivity index (χ1n) is 8.56. The number of carboxylic acids is 1. The Labute approximate surface area is 164 Å². The van der Waals surface area contributed by atoms with Crippen LogP contribution in [0.15, 0.2) is 60.7 Å². The summed E-state index contributed by atoms with van der Waals surface area (Å²) in [5, 5.41) is 8.01. The Balaban J connectivity index is 0.000000396. The van der Waals surface area contributed by atoms with Gasteiger partial charge in [-0.1, -0.05) is 60.7 Å². The molecule has 28 heavy (non-hydrogen) atoms. The predicted octanol–water partition coefficient (Wildman–Crippen LogP) is 2.80. The van der Waals surface area contributed by atoms with E-state index in [0.29, 0.717) is 6.42 Å². The van der Waals surface area contributed by atoms with Crippen LogP contribution in [0, 0.1) is 0 Å². The molecule has 0 fully saturated rings. The number of nitrogens with two attached hydrogens (primary N) is 1. The molecule has 7 nitrogen and oxygen atoms in total. The van der Waals surface area contributed by atoms with Crippen LogP contribution in [0.4, 0.5) is 0 Å². The molecule has 0 aliphatic carbocycles. The molecular formula is C21H25NO6. The van der Waals surface area contributed by atoms with Crippen molar-refractivity contribution >= 4 is 24.5 Å². The second-order valence-corrected chi connectivity index (χ2v) is 5.32. The Bertz CT molecular complexity index is 703. The van der Waals surface area contributed by atoms with Gasteiger partial charge in [-0.3, -0.25) is 14.4 Å². The largest absolute Gasteiger partial charge is 0.481 e. The Morgan fingerprint density at radius 3 is 1.96 bits per heavy atom. The number of carbonyl (C=O) groups excluding carboxylic acids is 3. The molecule has 1 unspecified atom stereocenters. The second kappa shape index (κ2) is 15.9. The van der Waals surface area contributed by atoms with Gasteiger partial charge in [-0.25, -0.2) is 0 Å². The maximum atomic E-state index is 10.3. The van der Waals surface area contributed by atoms with Gasteiger partial charge in [0, 0.05) is 18.0 Å². The molecule has 0 saturated heterocycles.